The molecule has 114 valence electrons. The smallest absolute Gasteiger partial charge is 0.341 e. The van der Waals surface area contributed by atoms with Crippen LogP contribution >= 0.6 is 0 Å². The molecule has 0 unspecified atom stereocenters. The maximum Gasteiger partial charge on any atom is 0.341 e. The maximum atomic E-state index is 13.7. The van der Waals surface area contributed by atoms with E-state index < -0.39 is 18.4 Å². The van der Waals surface area contributed by atoms with Crippen molar-refractivity contribution in [2.24, 2.45) is 5.92 Å². The van der Waals surface area contributed by atoms with Crippen LogP contribution in [0.25, 0.3) is 0 Å². The van der Waals surface area contributed by atoms with Crippen LogP contribution in [0.1, 0.15) is 30.1 Å². The fourth-order valence-electron chi connectivity index (χ4n) is 2.01. The van der Waals surface area contributed by atoms with Crippen LogP contribution in [0.15, 0.2) is 18.2 Å². The third-order valence-corrected chi connectivity index (χ3v) is 3.45. The number of nitrogens with one attached hydrogen (secondary N) is 1. The molecule has 0 bridgehead atoms. The summed E-state index contributed by atoms with van der Waals surface area (Å²) in [6, 6.07) is 3.89. The van der Waals surface area contributed by atoms with Crippen molar-refractivity contribution >= 4 is 11.9 Å². The van der Waals surface area contributed by atoms with E-state index in [1.165, 1.54) is 19.2 Å². The molecule has 1 aromatic rings. The third-order valence-electron chi connectivity index (χ3n) is 3.45. The average molecular weight is 295 g/mol. The van der Waals surface area contributed by atoms with Crippen LogP contribution in [0.2, 0.25) is 0 Å². The fourth-order valence-corrected chi connectivity index (χ4v) is 2.01. The zero-order valence-corrected chi connectivity index (χ0v) is 12.0. The van der Waals surface area contributed by atoms with E-state index in [2.05, 4.69) is 5.32 Å². The highest BCUT2D eigenvalue weighted by Gasteiger charge is 2.29. The van der Waals surface area contributed by atoms with Gasteiger partial charge in [-0.1, -0.05) is 0 Å². The van der Waals surface area contributed by atoms with Gasteiger partial charge in [-0.05, 0) is 37.8 Å². The zero-order chi connectivity index (χ0) is 15.4. The first kappa shape index (κ1) is 15.3. The van der Waals surface area contributed by atoms with Gasteiger partial charge in [0.15, 0.2) is 6.61 Å². The van der Waals surface area contributed by atoms with Crippen molar-refractivity contribution in [3.05, 3.63) is 29.6 Å². The molecule has 1 aliphatic carbocycles. The molecule has 1 atom stereocenters. The molecule has 0 aromatic heterocycles. The molecular formula is C15H18FNO4. The molecule has 21 heavy (non-hydrogen) atoms. The number of rotatable bonds is 6. The number of esters is 1. The van der Waals surface area contributed by atoms with Crippen molar-refractivity contribution in [2.45, 2.75) is 25.8 Å². The Labute approximate surface area is 122 Å². The number of ether oxygens (including phenoxy) is 2. The van der Waals surface area contributed by atoms with E-state index in [4.69, 9.17) is 9.47 Å². The molecule has 0 saturated heterocycles. The fraction of sp³-hybridized carbons (Fsp3) is 0.467. The number of carbonyl (C=O) groups is 2. The normalized spacial score (nSPS) is 15.2. The van der Waals surface area contributed by atoms with Crippen LogP contribution in [0.5, 0.6) is 5.75 Å². The molecular weight excluding hydrogens is 277 g/mol. The summed E-state index contributed by atoms with van der Waals surface area (Å²) in [5.41, 5.74) is -0.223. The predicted molar refractivity (Wildman–Crippen MR) is 73.6 cm³/mol. The summed E-state index contributed by atoms with van der Waals surface area (Å²) in [5.74, 6) is -1.17. The monoisotopic (exact) mass is 295 g/mol. The number of hydrogen-bond donors (Lipinski definition) is 1. The van der Waals surface area contributed by atoms with Crippen LogP contribution in [-0.2, 0) is 9.53 Å². The highest BCUT2D eigenvalue weighted by atomic mass is 19.1. The van der Waals surface area contributed by atoms with E-state index in [1.807, 2.05) is 6.92 Å². The Hall–Kier alpha value is -2.11. The predicted octanol–water partition coefficient (Wildman–Crippen LogP) is 1.91. The van der Waals surface area contributed by atoms with Gasteiger partial charge in [0.25, 0.3) is 5.91 Å². The number of halogens is 1. The molecule has 1 amide bonds. The van der Waals surface area contributed by atoms with Gasteiger partial charge in [0.1, 0.15) is 11.6 Å². The lowest BCUT2D eigenvalue weighted by Gasteiger charge is -2.13. The van der Waals surface area contributed by atoms with E-state index in [-0.39, 0.29) is 17.5 Å². The van der Waals surface area contributed by atoms with Crippen molar-refractivity contribution in [3.63, 3.8) is 0 Å². The lowest BCUT2D eigenvalue weighted by molar-refractivity contribution is -0.125. The van der Waals surface area contributed by atoms with Crippen LogP contribution < -0.4 is 10.1 Å². The first-order valence-corrected chi connectivity index (χ1v) is 6.81. The van der Waals surface area contributed by atoms with Gasteiger partial charge in [-0.15, -0.1) is 0 Å². The van der Waals surface area contributed by atoms with Crippen LogP contribution in [0.4, 0.5) is 4.39 Å². The SMILES string of the molecule is COc1ccc(C(=O)OCC(=O)N[C@H](C)C2CC2)c(F)c1. The highest BCUT2D eigenvalue weighted by molar-refractivity contribution is 5.91. The van der Waals surface area contributed by atoms with Gasteiger partial charge in [0.2, 0.25) is 0 Å². The topological polar surface area (TPSA) is 64.6 Å². The van der Waals surface area contributed by atoms with Gasteiger partial charge in [0.05, 0.1) is 12.7 Å². The Morgan fingerprint density at radius 1 is 1.43 bits per heavy atom. The van der Waals surface area contributed by atoms with Crippen LogP contribution in [-0.4, -0.2) is 31.6 Å². The van der Waals surface area contributed by atoms with Crippen molar-refractivity contribution < 1.29 is 23.5 Å². The molecule has 0 spiro atoms. The number of amides is 1. The second kappa shape index (κ2) is 6.56. The summed E-state index contributed by atoms with van der Waals surface area (Å²) in [5, 5.41) is 2.75. The maximum absolute atomic E-state index is 13.7. The summed E-state index contributed by atoms with van der Waals surface area (Å²) in [4.78, 5) is 23.3. The standard InChI is InChI=1S/C15H18FNO4/c1-9(10-3-4-10)17-14(18)8-21-15(19)12-6-5-11(20-2)7-13(12)16/h5-7,9-10H,3-4,8H2,1-2H3,(H,17,18)/t9-/m1/s1. The molecule has 6 heteroatoms. The summed E-state index contributed by atoms with van der Waals surface area (Å²) in [7, 11) is 1.40. The van der Waals surface area contributed by atoms with E-state index in [1.54, 1.807) is 0 Å². The second-order valence-corrected chi connectivity index (χ2v) is 5.12. The number of methoxy groups -OCH3 is 1. The number of benzene rings is 1. The number of hydrogen-bond acceptors (Lipinski definition) is 4. The molecule has 0 aliphatic heterocycles. The lowest BCUT2D eigenvalue weighted by atomic mass is 10.2. The van der Waals surface area contributed by atoms with Gasteiger partial charge >= 0.3 is 5.97 Å². The summed E-state index contributed by atoms with van der Waals surface area (Å²) >= 11 is 0. The van der Waals surface area contributed by atoms with Crippen molar-refractivity contribution in [3.8, 4) is 5.75 Å². The third kappa shape index (κ3) is 4.18. The summed E-state index contributed by atoms with van der Waals surface area (Å²) in [6.45, 7) is 1.50. The van der Waals surface area contributed by atoms with Gasteiger partial charge < -0.3 is 14.8 Å². The lowest BCUT2D eigenvalue weighted by Crippen LogP contribution is -2.37. The van der Waals surface area contributed by atoms with Crippen LogP contribution in [0.3, 0.4) is 0 Å². The minimum absolute atomic E-state index is 0.0777. The van der Waals surface area contributed by atoms with Gasteiger partial charge in [-0.25, -0.2) is 9.18 Å². The summed E-state index contributed by atoms with van der Waals surface area (Å²) in [6.07, 6.45) is 2.22. The molecule has 1 fully saturated rings. The molecule has 5 nitrogen and oxygen atoms in total. The average Bonchev–Trinajstić information content (AvgIpc) is 3.29. The Morgan fingerprint density at radius 3 is 2.71 bits per heavy atom. The largest absolute Gasteiger partial charge is 0.497 e. The molecule has 2 rings (SSSR count). The first-order chi connectivity index (χ1) is 10.0. The van der Waals surface area contributed by atoms with Crippen molar-refractivity contribution in [2.75, 3.05) is 13.7 Å². The quantitative estimate of drug-likeness (QED) is 0.814. The van der Waals surface area contributed by atoms with Gasteiger partial charge in [-0.2, -0.15) is 0 Å². The molecule has 1 N–H and O–H groups in total. The first-order valence-electron chi connectivity index (χ1n) is 6.81. The molecule has 1 saturated carbocycles. The van der Waals surface area contributed by atoms with Gasteiger partial charge in [0, 0.05) is 12.1 Å². The van der Waals surface area contributed by atoms with Crippen LogP contribution in [0, 0.1) is 11.7 Å². The Bertz CT molecular complexity index is 542. The zero-order valence-electron chi connectivity index (χ0n) is 12.0. The van der Waals surface area contributed by atoms with E-state index >= 15 is 0 Å². The minimum Gasteiger partial charge on any atom is -0.497 e. The van der Waals surface area contributed by atoms with E-state index in [9.17, 15) is 14.0 Å². The summed E-state index contributed by atoms with van der Waals surface area (Å²) < 4.78 is 23.3. The molecule has 0 radical (unpaired) electrons. The number of carbonyl (C=O) groups excluding carboxylic acids is 2. The van der Waals surface area contributed by atoms with E-state index in [0.717, 1.165) is 18.9 Å². The van der Waals surface area contributed by atoms with Crippen molar-refractivity contribution in [1.82, 2.24) is 5.32 Å². The highest BCUT2D eigenvalue weighted by Crippen LogP contribution is 2.32. The van der Waals surface area contributed by atoms with E-state index in [0.29, 0.717) is 11.7 Å². The van der Waals surface area contributed by atoms with Gasteiger partial charge in [-0.3, -0.25) is 4.79 Å². The Morgan fingerprint density at radius 2 is 2.14 bits per heavy atom. The molecule has 1 aromatic carbocycles. The minimum atomic E-state index is -0.871. The molecule has 1 aliphatic rings. The van der Waals surface area contributed by atoms with Crippen molar-refractivity contribution in [1.29, 1.82) is 0 Å². The molecule has 0 heterocycles. The Balaban J connectivity index is 1.84. The Kier molecular flexibility index (Phi) is 4.77. The second-order valence-electron chi connectivity index (χ2n) is 5.12.